The zero-order valence-electron chi connectivity index (χ0n) is 21.0. The van der Waals surface area contributed by atoms with Crippen molar-refractivity contribution in [1.82, 2.24) is 5.32 Å². The van der Waals surface area contributed by atoms with Gasteiger partial charge in [0.15, 0.2) is 0 Å². The molecule has 0 heterocycles. The van der Waals surface area contributed by atoms with Gasteiger partial charge in [0.05, 0.1) is 19.4 Å². The van der Waals surface area contributed by atoms with Gasteiger partial charge in [0.25, 0.3) is 5.91 Å². The molecule has 0 aliphatic heterocycles. The average Bonchev–Trinajstić information content (AvgIpc) is 2.88. The van der Waals surface area contributed by atoms with Gasteiger partial charge in [0.1, 0.15) is 6.04 Å². The molecular formula is C29H31N2O5P. The molecule has 0 bridgehead atoms. The first-order valence-electron chi connectivity index (χ1n) is 12.3. The first-order chi connectivity index (χ1) is 17.8. The normalized spacial score (nSPS) is 12.5. The SMILES string of the molecule is CCOP(=O)(Cc1ccc(C(=O)N[C@H](Cc2c3ccccc3cc3ccccc23)C(N)=O)cc1)OCC. The van der Waals surface area contributed by atoms with E-state index in [1.54, 1.807) is 38.1 Å². The van der Waals surface area contributed by atoms with E-state index in [4.69, 9.17) is 14.8 Å². The van der Waals surface area contributed by atoms with Gasteiger partial charge in [0.2, 0.25) is 5.91 Å². The lowest BCUT2D eigenvalue weighted by Crippen LogP contribution is -2.45. The number of amides is 2. The molecule has 192 valence electrons. The Balaban J connectivity index is 1.56. The molecule has 0 saturated carbocycles. The van der Waals surface area contributed by atoms with Crippen molar-refractivity contribution in [2.75, 3.05) is 13.2 Å². The minimum Gasteiger partial charge on any atom is -0.368 e. The van der Waals surface area contributed by atoms with Crippen molar-refractivity contribution in [3.05, 3.63) is 95.6 Å². The highest BCUT2D eigenvalue weighted by Crippen LogP contribution is 2.51. The molecule has 7 nitrogen and oxygen atoms in total. The molecule has 0 fully saturated rings. The van der Waals surface area contributed by atoms with Gasteiger partial charge in [-0.05, 0) is 64.7 Å². The number of carbonyl (C=O) groups excluding carboxylic acids is 2. The Morgan fingerprint density at radius 1 is 0.865 bits per heavy atom. The van der Waals surface area contributed by atoms with E-state index in [2.05, 4.69) is 11.4 Å². The quantitative estimate of drug-likeness (QED) is 0.199. The van der Waals surface area contributed by atoms with Crippen LogP contribution in [0.25, 0.3) is 21.5 Å². The summed E-state index contributed by atoms with van der Waals surface area (Å²) in [6.45, 7) is 4.07. The molecular weight excluding hydrogens is 487 g/mol. The largest absolute Gasteiger partial charge is 0.368 e. The summed E-state index contributed by atoms with van der Waals surface area (Å²) in [5.74, 6) is -1.03. The third-order valence-corrected chi connectivity index (χ3v) is 8.24. The Kier molecular flexibility index (Phi) is 8.39. The highest BCUT2D eigenvalue weighted by molar-refractivity contribution is 7.53. The molecule has 0 aliphatic carbocycles. The number of nitrogens with one attached hydrogen (secondary N) is 1. The van der Waals surface area contributed by atoms with E-state index in [1.165, 1.54) is 0 Å². The van der Waals surface area contributed by atoms with Gasteiger partial charge >= 0.3 is 7.60 Å². The minimum absolute atomic E-state index is 0.106. The summed E-state index contributed by atoms with van der Waals surface area (Å²) >= 11 is 0. The fourth-order valence-corrected chi connectivity index (χ4v) is 6.21. The molecule has 3 N–H and O–H groups in total. The number of nitrogens with two attached hydrogens (primary N) is 1. The van der Waals surface area contributed by atoms with Crippen LogP contribution in [0.15, 0.2) is 78.9 Å². The molecule has 2 amide bonds. The summed E-state index contributed by atoms with van der Waals surface area (Å²) < 4.78 is 23.5. The second-order valence-electron chi connectivity index (χ2n) is 8.73. The smallest absolute Gasteiger partial charge is 0.335 e. The zero-order valence-corrected chi connectivity index (χ0v) is 21.9. The van der Waals surface area contributed by atoms with Gasteiger partial charge in [-0.2, -0.15) is 0 Å². The Morgan fingerprint density at radius 2 is 1.41 bits per heavy atom. The van der Waals surface area contributed by atoms with E-state index in [9.17, 15) is 14.2 Å². The monoisotopic (exact) mass is 518 g/mol. The molecule has 0 radical (unpaired) electrons. The van der Waals surface area contributed by atoms with Crippen LogP contribution in [0.3, 0.4) is 0 Å². The van der Waals surface area contributed by atoms with Crippen molar-refractivity contribution >= 4 is 41.0 Å². The van der Waals surface area contributed by atoms with Crippen LogP contribution >= 0.6 is 7.60 Å². The van der Waals surface area contributed by atoms with E-state index in [0.29, 0.717) is 5.56 Å². The maximum absolute atomic E-state index is 13.1. The third-order valence-electron chi connectivity index (χ3n) is 6.18. The van der Waals surface area contributed by atoms with E-state index in [0.717, 1.165) is 32.7 Å². The van der Waals surface area contributed by atoms with Gasteiger partial charge < -0.3 is 20.1 Å². The van der Waals surface area contributed by atoms with E-state index < -0.39 is 25.5 Å². The van der Waals surface area contributed by atoms with Gasteiger partial charge in [-0.3, -0.25) is 14.2 Å². The molecule has 4 rings (SSSR count). The summed E-state index contributed by atoms with van der Waals surface area (Å²) in [7, 11) is -3.26. The Labute approximate surface area is 216 Å². The van der Waals surface area contributed by atoms with Gasteiger partial charge in [0, 0.05) is 12.0 Å². The van der Waals surface area contributed by atoms with Crippen LogP contribution in [0.4, 0.5) is 0 Å². The number of benzene rings is 4. The summed E-state index contributed by atoms with van der Waals surface area (Å²) in [5.41, 5.74) is 7.77. The Morgan fingerprint density at radius 3 is 1.92 bits per heavy atom. The van der Waals surface area contributed by atoms with Crippen LogP contribution in [0.2, 0.25) is 0 Å². The fourth-order valence-electron chi connectivity index (χ4n) is 4.50. The summed E-state index contributed by atoms with van der Waals surface area (Å²) in [4.78, 5) is 25.5. The molecule has 37 heavy (non-hydrogen) atoms. The van der Waals surface area contributed by atoms with Gasteiger partial charge in [-0.1, -0.05) is 60.7 Å². The van der Waals surface area contributed by atoms with E-state index in [1.807, 2.05) is 48.5 Å². The molecule has 4 aromatic rings. The average molecular weight is 519 g/mol. The van der Waals surface area contributed by atoms with Gasteiger partial charge in [-0.15, -0.1) is 0 Å². The molecule has 8 heteroatoms. The predicted octanol–water partition coefficient (Wildman–Crippen LogP) is 5.59. The maximum atomic E-state index is 13.1. The molecule has 0 saturated heterocycles. The second kappa shape index (κ2) is 11.7. The molecule has 0 aromatic heterocycles. The molecule has 0 spiro atoms. The number of rotatable bonds is 11. The van der Waals surface area contributed by atoms with Crippen LogP contribution in [0, 0.1) is 0 Å². The molecule has 0 unspecified atom stereocenters. The number of fused-ring (bicyclic) bond motifs is 2. The van der Waals surface area contributed by atoms with Crippen LogP contribution < -0.4 is 11.1 Å². The van der Waals surface area contributed by atoms with Crippen molar-refractivity contribution in [3.8, 4) is 0 Å². The van der Waals surface area contributed by atoms with Crippen LogP contribution in [-0.4, -0.2) is 31.1 Å². The fraction of sp³-hybridized carbons (Fsp3) is 0.241. The lowest BCUT2D eigenvalue weighted by atomic mass is 9.92. The standard InChI is InChI=1S/C29H31N2O5P/c1-3-35-37(34,36-4-2)19-20-13-15-21(16-14-20)29(33)31-27(28(30)32)18-26-24-11-7-5-9-22(24)17-23-10-6-8-12-25(23)26/h5-17,27H,3-4,18-19H2,1-2H3,(H2,30,32)(H,31,33)/t27-/m1/s1. The van der Waals surface area contributed by atoms with Crippen LogP contribution in [-0.2, 0) is 31.0 Å². The summed E-state index contributed by atoms with van der Waals surface area (Å²) in [6, 6.07) is 23.8. The molecule has 0 aliphatic rings. The number of primary amides is 1. The van der Waals surface area contributed by atoms with Crippen molar-refractivity contribution in [2.24, 2.45) is 5.73 Å². The minimum atomic E-state index is -3.26. The topological polar surface area (TPSA) is 108 Å². The first kappa shape index (κ1) is 26.6. The number of carbonyl (C=O) groups is 2. The maximum Gasteiger partial charge on any atom is 0.335 e. The number of hydrogen-bond acceptors (Lipinski definition) is 5. The lowest BCUT2D eigenvalue weighted by molar-refractivity contribution is -0.119. The highest BCUT2D eigenvalue weighted by Gasteiger charge is 2.25. The van der Waals surface area contributed by atoms with Crippen molar-refractivity contribution in [3.63, 3.8) is 0 Å². The highest BCUT2D eigenvalue weighted by atomic mass is 31.2. The van der Waals surface area contributed by atoms with Gasteiger partial charge in [-0.25, -0.2) is 0 Å². The van der Waals surface area contributed by atoms with Crippen molar-refractivity contribution < 1.29 is 23.2 Å². The Hall–Kier alpha value is -3.51. The zero-order chi connectivity index (χ0) is 26.4. The van der Waals surface area contributed by atoms with Crippen molar-refractivity contribution in [2.45, 2.75) is 32.5 Å². The predicted molar refractivity (Wildman–Crippen MR) is 147 cm³/mol. The van der Waals surface area contributed by atoms with E-state index in [-0.39, 0.29) is 25.8 Å². The van der Waals surface area contributed by atoms with E-state index >= 15 is 0 Å². The Bertz CT molecular complexity index is 1400. The van der Waals surface area contributed by atoms with Crippen LogP contribution in [0.5, 0.6) is 0 Å². The van der Waals surface area contributed by atoms with Crippen LogP contribution in [0.1, 0.15) is 35.3 Å². The molecule has 1 atom stereocenters. The van der Waals surface area contributed by atoms with Crippen molar-refractivity contribution in [1.29, 1.82) is 0 Å². The first-order valence-corrected chi connectivity index (χ1v) is 14.0. The molecule has 4 aromatic carbocycles. The summed E-state index contributed by atoms with van der Waals surface area (Å²) in [5, 5.41) is 6.93. The number of hydrogen-bond donors (Lipinski definition) is 2. The third kappa shape index (κ3) is 6.25. The second-order valence-corrected chi connectivity index (χ2v) is 10.8. The lowest BCUT2D eigenvalue weighted by Gasteiger charge is -2.19. The summed E-state index contributed by atoms with van der Waals surface area (Å²) in [6.07, 6.45) is 0.363.